The molecule has 6 nitrogen and oxygen atoms in total. The molecule has 0 aromatic heterocycles. The van der Waals surface area contributed by atoms with Crippen molar-refractivity contribution in [1.82, 2.24) is 0 Å². The first-order valence-corrected chi connectivity index (χ1v) is 24.4. The van der Waals surface area contributed by atoms with E-state index in [9.17, 15) is 14.4 Å². The van der Waals surface area contributed by atoms with Crippen molar-refractivity contribution in [2.75, 3.05) is 13.2 Å². The predicted molar refractivity (Wildman–Crippen MR) is 251 cm³/mol. The second-order valence-corrected chi connectivity index (χ2v) is 16.0. The van der Waals surface area contributed by atoms with Crippen molar-refractivity contribution < 1.29 is 28.6 Å². The molecule has 0 aliphatic rings. The van der Waals surface area contributed by atoms with Crippen molar-refractivity contribution in [3.8, 4) is 0 Å². The van der Waals surface area contributed by atoms with E-state index in [1.807, 2.05) is 0 Å². The Hall–Kier alpha value is -3.15. The Balaban J connectivity index is 4.23. The van der Waals surface area contributed by atoms with E-state index >= 15 is 0 Å². The Morgan fingerprint density at radius 2 is 0.661 bits per heavy atom. The lowest BCUT2D eigenvalue weighted by molar-refractivity contribution is -0.167. The lowest BCUT2D eigenvalue weighted by Gasteiger charge is -2.18. The monoisotopic (exact) mass is 823 g/mol. The van der Waals surface area contributed by atoms with Gasteiger partial charge in [0.25, 0.3) is 0 Å². The molecule has 0 N–H and O–H groups in total. The van der Waals surface area contributed by atoms with E-state index in [0.717, 1.165) is 122 Å². The summed E-state index contributed by atoms with van der Waals surface area (Å²) in [6.45, 7) is 6.39. The molecule has 0 aliphatic heterocycles. The van der Waals surface area contributed by atoms with Gasteiger partial charge in [-0.2, -0.15) is 0 Å². The third-order valence-corrected chi connectivity index (χ3v) is 10.2. The Morgan fingerprint density at radius 3 is 1.03 bits per heavy atom. The van der Waals surface area contributed by atoms with E-state index in [2.05, 4.69) is 93.7 Å². The highest BCUT2D eigenvalue weighted by molar-refractivity contribution is 5.71. The van der Waals surface area contributed by atoms with Crippen LogP contribution >= 0.6 is 0 Å². The summed E-state index contributed by atoms with van der Waals surface area (Å²) in [7, 11) is 0. The zero-order valence-electron chi connectivity index (χ0n) is 38.5. The van der Waals surface area contributed by atoms with E-state index in [4.69, 9.17) is 14.2 Å². The minimum atomic E-state index is -0.785. The molecule has 1 unspecified atom stereocenters. The van der Waals surface area contributed by atoms with Crippen LogP contribution in [0.25, 0.3) is 0 Å². The lowest BCUT2D eigenvalue weighted by atomic mass is 10.1. The van der Waals surface area contributed by atoms with Crippen molar-refractivity contribution >= 4 is 17.9 Å². The van der Waals surface area contributed by atoms with Crippen molar-refractivity contribution in [2.24, 2.45) is 0 Å². The molecule has 6 heteroatoms. The molecular weight excluding hydrogens is 733 g/mol. The van der Waals surface area contributed by atoms with Gasteiger partial charge < -0.3 is 14.2 Å². The quantitative estimate of drug-likeness (QED) is 0.0264. The summed E-state index contributed by atoms with van der Waals surface area (Å²) in [5.41, 5.74) is 0. The van der Waals surface area contributed by atoms with Crippen LogP contribution in [0.4, 0.5) is 0 Å². The maximum atomic E-state index is 12.7. The number of carbonyl (C=O) groups is 3. The van der Waals surface area contributed by atoms with Gasteiger partial charge in [-0.1, -0.05) is 190 Å². The SMILES string of the molecule is CC/C=C\C/C=C\C/C=C\CCCCCCCC(=O)OC(COC(=O)CCCCCCC)COC(=O)CCCCCCCC/C=C\C/C=C\C/C=C\CCCCCCC. The Labute approximate surface area is 363 Å². The summed E-state index contributed by atoms with van der Waals surface area (Å²) >= 11 is 0. The van der Waals surface area contributed by atoms with Gasteiger partial charge in [0, 0.05) is 19.3 Å². The smallest absolute Gasteiger partial charge is 0.306 e. The maximum Gasteiger partial charge on any atom is 0.306 e. The van der Waals surface area contributed by atoms with E-state index in [1.54, 1.807) is 0 Å². The second kappa shape index (κ2) is 47.5. The predicted octanol–water partition coefficient (Wildman–Crippen LogP) is 15.9. The zero-order chi connectivity index (χ0) is 43.0. The molecule has 0 bridgehead atoms. The van der Waals surface area contributed by atoms with Crippen LogP contribution in [0.3, 0.4) is 0 Å². The number of unbranched alkanes of at least 4 members (excludes halogenated alkanes) is 20. The highest BCUT2D eigenvalue weighted by atomic mass is 16.6. The molecule has 0 heterocycles. The third-order valence-electron chi connectivity index (χ3n) is 10.2. The average Bonchev–Trinajstić information content (AvgIpc) is 3.23. The molecule has 338 valence electrons. The standard InChI is InChI=1S/C53H90O6/c1-4-7-10-13-15-17-19-21-23-24-25-26-27-28-30-31-33-35-37-40-43-46-52(55)58-49-50(48-57-51(54)45-42-39-12-9-6-3)59-53(56)47-44-41-38-36-34-32-29-22-20-18-16-14-11-8-5-2/h8,11,16,18-19,21-22,24-25,27-29,50H,4-7,9-10,12-15,17,20,23,26,30-49H2,1-3H3/b11-8-,18-16-,21-19-,25-24-,28-27-,29-22-. The summed E-state index contributed by atoms with van der Waals surface area (Å²) in [5.74, 6) is -0.935. The lowest BCUT2D eigenvalue weighted by Crippen LogP contribution is -2.30. The van der Waals surface area contributed by atoms with E-state index in [-0.39, 0.29) is 31.1 Å². The van der Waals surface area contributed by atoms with Gasteiger partial charge in [0.15, 0.2) is 6.10 Å². The van der Waals surface area contributed by atoms with Gasteiger partial charge >= 0.3 is 17.9 Å². The molecule has 0 radical (unpaired) electrons. The normalized spacial score (nSPS) is 12.7. The molecule has 0 amide bonds. The van der Waals surface area contributed by atoms with Gasteiger partial charge in [0.1, 0.15) is 13.2 Å². The Kier molecular flexibility index (Phi) is 45.0. The summed E-state index contributed by atoms with van der Waals surface area (Å²) in [6.07, 6.45) is 59.2. The average molecular weight is 823 g/mol. The maximum absolute atomic E-state index is 12.7. The van der Waals surface area contributed by atoms with Crippen molar-refractivity contribution in [2.45, 2.75) is 232 Å². The highest BCUT2D eigenvalue weighted by Gasteiger charge is 2.19. The minimum absolute atomic E-state index is 0.0884. The van der Waals surface area contributed by atoms with Crippen LogP contribution in [-0.4, -0.2) is 37.2 Å². The van der Waals surface area contributed by atoms with Gasteiger partial charge in [-0.25, -0.2) is 0 Å². The molecule has 0 aromatic rings. The summed E-state index contributed by atoms with van der Waals surface area (Å²) in [5, 5.41) is 0. The van der Waals surface area contributed by atoms with Crippen molar-refractivity contribution in [1.29, 1.82) is 0 Å². The largest absolute Gasteiger partial charge is 0.462 e. The molecule has 0 fully saturated rings. The number of allylic oxidation sites excluding steroid dienone is 12. The second-order valence-electron chi connectivity index (χ2n) is 16.0. The minimum Gasteiger partial charge on any atom is -0.462 e. The molecule has 0 aromatic carbocycles. The summed E-state index contributed by atoms with van der Waals surface area (Å²) in [6, 6.07) is 0. The molecule has 0 rings (SSSR count). The number of esters is 3. The zero-order valence-corrected chi connectivity index (χ0v) is 38.5. The summed E-state index contributed by atoms with van der Waals surface area (Å²) < 4.78 is 16.6. The highest BCUT2D eigenvalue weighted by Crippen LogP contribution is 2.13. The molecule has 0 spiro atoms. The molecular formula is C53H90O6. The van der Waals surface area contributed by atoms with E-state index in [0.29, 0.717) is 19.3 Å². The van der Waals surface area contributed by atoms with Crippen molar-refractivity contribution in [3.63, 3.8) is 0 Å². The molecule has 0 saturated heterocycles. The number of carbonyl (C=O) groups excluding carboxylic acids is 3. The van der Waals surface area contributed by atoms with Crippen LogP contribution in [0.1, 0.15) is 226 Å². The summed E-state index contributed by atoms with van der Waals surface area (Å²) in [4.78, 5) is 37.6. The van der Waals surface area contributed by atoms with Gasteiger partial charge in [-0.15, -0.1) is 0 Å². The van der Waals surface area contributed by atoms with Crippen LogP contribution in [0.15, 0.2) is 72.9 Å². The van der Waals surface area contributed by atoms with E-state index in [1.165, 1.54) is 64.2 Å². The van der Waals surface area contributed by atoms with Gasteiger partial charge in [0.05, 0.1) is 0 Å². The van der Waals surface area contributed by atoms with Crippen LogP contribution in [0, 0.1) is 0 Å². The van der Waals surface area contributed by atoms with Crippen LogP contribution in [0.5, 0.6) is 0 Å². The Bertz CT molecular complexity index is 1130. The van der Waals surface area contributed by atoms with E-state index < -0.39 is 6.10 Å². The number of hydrogen-bond donors (Lipinski definition) is 0. The number of ether oxygens (including phenoxy) is 3. The van der Waals surface area contributed by atoms with Crippen LogP contribution in [0.2, 0.25) is 0 Å². The molecule has 0 aliphatic carbocycles. The van der Waals surface area contributed by atoms with Crippen LogP contribution in [-0.2, 0) is 28.6 Å². The number of rotatable bonds is 43. The fourth-order valence-electron chi connectivity index (χ4n) is 6.52. The Morgan fingerprint density at radius 1 is 0.356 bits per heavy atom. The number of hydrogen-bond acceptors (Lipinski definition) is 6. The first-order valence-electron chi connectivity index (χ1n) is 24.4. The first kappa shape index (κ1) is 55.9. The van der Waals surface area contributed by atoms with Crippen LogP contribution < -0.4 is 0 Å². The molecule has 59 heavy (non-hydrogen) atoms. The fourth-order valence-corrected chi connectivity index (χ4v) is 6.52. The fraction of sp³-hybridized carbons (Fsp3) is 0.717. The van der Waals surface area contributed by atoms with Gasteiger partial charge in [-0.3, -0.25) is 14.4 Å². The molecule has 0 saturated carbocycles. The van der Waals surface area contributed by atoms with Gasteiger partial charge in [0.2, 0.25) is 0 Å². The third kappa shape index (κ3) is 45.8. The van der Waals surface area contributed by atoms with Crippen molar-refractivity contribution in [3.05, 3.63) is 72.9 Å². The van der Waals surface area contributed by atoms with Gasteiger partial charge in [-0.05, 0) is 89.9 Å². The first-order chi connectivity index (χ1) is 29.0. The topological polar surface area (TPSA) is 78.9 Å². The molecule has 1 atom stereocenters.